The largest absolute Gasteiger partial charge is 1.00 e. The number of amides is 1. The Morgan fingerprint density at radius 2 is 1.62 bits per heavy atom. The smallest absolute Gasteiger partial charge is 0.243 e. The van der Waals surface area contributed by atoms with Crippen LogP contribution in [0.2, 0.25) is 25.1 Å². The van der Waals surface area contributed by atoms with Gasteiger partial charge in [-0.05, 0) is 54.4 Å². The Morgan fingerprint density at radius 1 is 0.949 bits per heavy atom. The summed E-state index contributed by atoms with van der Waals surface area (Å²) >= 11 is 31.1. The topological polar surface area (TPSA) is 47.1 Å². The van der Waals surface area contributed by atoms with E-state index in [1.54, 1.807) is 36.4 Å². The van der Waals surface area contributed by atoms with Gasteiger partial charge in [0.2, 0.25) is 12.2 Å². The van der Waals surface area contributed by atoms with E-state index in [1.807, 2.05) is 53.0 Å². The summed E-state index contributed by atoms with van der Waals surface area (Å²) in [7, 11) is 0. The quantitative estimate of drug-likeness (QED) is 0.236. The first-order valence-electron chi connectivity index (χ1n) is 11.8. The lowest BCUT2D eigenvalue weighted by atomic mass is 10.1. The molecule has 1 atom stereocenters. The SMILES string of the molecule is Cc1ccc(Cl)cc1NC(=O)CCn1cc[n+](CC(OCc2ccc(Cl)cc2Cl)c2ccc(Cl)cc2Cl)c1.[Cl-]. The van der Waals surface area contributed by atoms with Crippen LogP contribution in [0.4, 0.5) is 5.69 Å². The third-order valence-corrected chi connectivity index (χ3v) is 7.34. The van der Waals surface area contributed by atoms with Gasteiger partial charge in [-0.2, -0.15) is 0 Å². The number of carbonyl (C=O) groups excluding carboxylic acids is 1. The Hall–Kier alpha value is -1.96. The number of aryl methyl sites for hydroxylation is 2. The first kappa shape index (κ1) is 31.6. The molecule has 0 aliphatic rings. The number of anilines is 1. The van der Waals surface area contributed by atoms with Crippen molar-refractivity contribution in [2.75, 3.05) is 5.32 Å². The molecule has 1 N–H and O–H groups in total. The van der Waals surface area contributed by atoms with Crippen LogP contribution in [-0.4, -0.2) is 10.5 Å². The summed E-state index contributed by atoms with van der Waals surface area (Å²) in [4.78, 5) is 12.5. The number of nitrogens with one attached hydrogen (secondary N) is 1. The van der Waals surface area contributed by atoms with Crippen molar-refractivity contribution in [3.05, 3.63) is 115 Å². The molecule has 0 saturated carbocycles. The summed E-state index contributed by atoms with van der Waals surface area (Å²) in [5.41, 5.74) is 3.28. The second-order valence-electron chi connectivity index (χ2n) is 8.81. The molecule has 4 aromatic rings. The van der Waals surface area contributed by atoms with Crippen molar-refractivity contribution in [2.45, 2.75) is 39.1 Å². The molecular formula is C28H25Cl6N3O2. The van der Waals surface area contributed by atoms with Gasteiger partial charge in [0, 0.05) is 36.4 Å². The van der Waals surface area contributed by atoms with Gasteiger partial charge in [0.15, 0.2) is 0 Å². The van der Waals surface area contributed by atoms with E-state index in [0.29, 0.717) is 50.3 Å². The molecule has 1 unspecified atom stereocenters. The van der Waals surface area contributed by atoms with Crippen LogP contribution in [0.1, 0.15) is 29.2 Å². The molecule has 0 fully saturated rings. The van der Waals surface area contributed by atoms with E-state index in [0.717, 1.165) is 16.7 Å². The Balaban J connectivity index is 0.00000420. The lowest BCUT2D eigenvalue weighted by molar-refractivity contribution is -0.704. The highest BCUT2D eigenvalue weighted by atomic mass is 35.5. The van der Waals surface area contributed by atoms with Gasteiger partial charge in [-0.3, -0.25) is 4.79 Å². The van der Waals surface area contributed by atoms with Crippen LogP contribution in [0.5, 0.6) is 0 Å². The maximum atomic E-state index is 12.5. The van der Waals surface area contributed by atoms with E-state index < -0.39 is 0 Å². The number of hydrogen-bond donors (Lipinski definition) is 1. The minimum atomic E-state index is -0.388. The number of rotatable bonds is 10. The van der Waals surface area contributed by atoms with Crippen LogP contribution in [0.3, 0.4) is 0 Å². The third-order valence-electron chi connectivity index (χ3n) is 5.96. The average molecular weight is 648 g/mol. The first-order chi connectivity index (χ1) is 18.2. The molecule has 4 rings (SSSR count). The highest BCUT2D eigenvalue weighted by molar-refractivity contribution is 6.35. The van der Waals surface area contributed by atoms with Crippen LogP contribution < -0.4 is 22.3 Å². The average Bonchev–Trinajstić information content (AvgIpc) is 3.31. The minimum absolute atomic E-state index is 0. The third kappa shape index (κ3) is 9.02. The van der Waals surface area contributed by atoms with Gasteiger partial charge < -0.3 is 22.5 Å². The van der Waals surface area contributed by atoms with E-state index in [9.17, 15) is 4.79 Å². The number of ether oxygens (including phenoxy) is 1. The summed E-state index contributed by atoms with van der Waals surface area (Å²) < 4.78 is 10.2. The van der Waals surface area contributed by atoms with E-state index in [2.05, 4.69) is 5.32 Å². The van der Waals surface area contributed by atoms with Crippen molar-refractivity contribution < 1.29 is 26.5 Å². The van der Waals surface area contributed by atoms with E-state index in [4.69, 9.17) is 62.7 Å². The molecule has 0 aliphatic carbocycles. The van der Waals surface area contributed by atoms with Gasteiger partial charge in [0.05, 0.1) is 19.6 Å². The molecule has 39 heavy (non-hydrogen) atoms. The van der Waals surface area contributed by atoms with Crippen LogP contribution in [-0.2, 0) is 29.2 Å². The number of aromatic nitrogens is 2. The molecule has 1 aromatic heterocycles. The zero-order chi connectivity index (χ0) is 27.2. The molecule has 5 nitrogen and oxygen atoms in total. The van der Waals surface area contributed by atoms with E-state index in [-0.39, 0.29) is 31.0 Å². The molecule has 0 bridgehead atoms. The van der Waals surface area contributed by atoms with Crippen LogP contribution >= 0.6 is 58.0 Å². The molecule has 11 heteroatoms. The summed E-state index contributed by atoms with van der Waals surface area (Å²) in [6, 6.07) is 16.0. The molecule has 1 heterocycles. The standard InChI is InChI=1S/C28H24Cl5N3O2.ClH/c1-18-2-4-22(31)14-26(18)34-28(37)8-9-35-10-11-36(17-35)15-27(23-7-6-21(30)13-25(23)33)38-16-19-3-5-20(29)12-24(19)32;/h2-7,10-14,17,27H,8-9,15-16H2,1H3;1H. The Bertz CT molecular complexity index is 1440. The van der Waals surface area contributed by atoms with Crippen molar-refractivity contribution in [1.82, 2.24) is 4.57 Å². The monoisotopic (exact) mass is 645 g/mol. The molecule has 0 aliphatic heterocycles. The van der Waals surface area contributed by atoms with Crippen molar-refractivity contribution in [1.29, 1.82) is 0 Å². The Kier molecular flexibility index (Phi) is 11.8. The highest BCUT2D eigenvalue weighted by Crippen LogP contribution is 2.31. The summed E-state index contributed by atoms with van der Waals surface area (Å²) in [6.07, 6.45) is 5.68. The fourth-order valence-electron chi connectivity index (χ4n) is 3.88. The molecule has 0 spiro atoms. The minimum Gasteiger partial charge on any atom is -1.00 e. The summed E-state index contributed by atoms with van der Waals surface area (Å²) in [5, 5.41) is 5.65. The van der Waals surface area contributed by atoms with Crippen LogP contribution in [0.25, 0.3) is 0 Å². The molecule has 3 aromatic carbocycles. The van der Waals surface area contributed by atoms with Crippen LogP contribution in [0.15, 0.2) is 73.3 Å². The van der Waals surface area contributed by atoms with Gasteiger partial charge >= 0.3 is 0 Å². The lowest BCUT2D eigenvalue weighted by Gasteiger charge is -2.19. The Morgan fingerprint density at radius 3 is 2.33 bits per heavy atom. The normalized spacial score (nSPS) is 11.6. The fourth-order valence-corrected chi connectivity index (χ4v) is 5.04. The number of carbonyl (C=O) groups is 1. The van der Waals surface area contributed by atoms with Crippen molar-refractivity contribution >= 4 is 69.6 Å². The van der Waals surface area contributed by atoms with E-state index >= 15 is 0 Å². The fraction of sp³-hybridized carbons (Fsp3) is 0.214. The summed E-state index contributed by atoms with van der Waals surface area (Å²) in [6.45, 7) is 3.18. The predicted molar refractivity (Wildman–Crippen MR) is 155 cm³/mol. The van der Waals surface area contributed by atoms with Gasteiger partial charge in [-0.1, -0.05) is 76.2 Å². The number of imidazole rings is 1. The lowest BCUT2D eigenvalue weighted by Crippen LogP contribution is -3.00. The van der Waals surface area contributed by atoms with Gasteiger partial charge in [-0.25, -0.2) is 9.13 Å². The Labute approximate surface area is 259 Å². The second kappa shape index (κ2) is 14.6. The number of nitrogens with zero attached hydrogens (tertiary/aromatic N) is 2. The molecule has 0 radical (unpaired) electrons. The zero-order valence-electron chi connectivity index (χ0n) is 20.8. The molecule has 1 amide bonds. The van der Waals surface area contributed by atoms with Crippen molar-refractivity contribution in [3.8, 4) is 0 Å². The first-order valence-corrected chi connectivity index (χ1v) is 13.7. The van der Waals surface area contributed by atoms with Crippen molar-refractivity contribution in [2.24, 2.45) is 0 Å². The molecule has 206 valence electrons. The maximum Gasteiger partial charge on any atom is 0.243 e. The molecule has 0 saturated heterocycles. The number of halogens is 6. The number of hydrogen-bond acceptors (Lipinski definition) is 2. The van der Waals surface area contributed by atoms with Gasteiger partial charge in [0.25, 0.3) is 0 Å². The predicted octanol–water partition coefficient (Wildman–Crippen LogP) is 5.34. The van der Waals surface area contributed by atoms with Gasteiger partial charge in [0.1, 0.15) is 25.0 Å². The van der Waals surface area contributed by atoms with E-state index in [1.165, 1.54) is 0 Å². The van der Waals surface area contributed by atoms with Crippen molar-refractivity contribution in [3.63, 3.8) is 0 Å². The van der Waals surface area contributed by atoms with Crippen LogP contribution in [0, 0.1) is 6.92 Å². The van der Waals surface area contributed by atoms with Gasteiger partial charge in [-0.15, -0.1) is 0 Å². The number of benzene rings is 3. The maximum absolute atomic E-state index is 12.5. The molecular weight excluding hydrogens is 623 g/mol. The highest BCUT2D eigenvalue weighted by Gasteiger charge is 2.21. The second-order valence-corrected chi connectivity index (χ2v) is 10.9. The zero-order valence-corrected chi connectivity index (χ0v) is 25.3. The summed E-state index contributed by atoms with van der Waals surface area (Å²) in [5.74, 6) is -0.0929.